The van der Waals surface area contributed by atoms with Crippen LogP contribution in [0, 0.1) is 13.8 Å². The number of thioether (sulfide) groups is 1. The number of pyridine rings is 1. The topological polar surface area (TPSA) is 52.0 Å². The molecule has 7 heteroatoms. The van der Waals surface area contributed by atoms with Crippen molar-refractivity contribution in [3.63, 3.8) is 0 Å². The Bertz CT molecular complexity index is 644. The highest BCUT2D eigenvalue weighted by atomic mass is 35.5. The van der Waals surface area contributed by atoms with Crippen LogP contribution in [0.15, 0.2) is 0 Å². The molecule has 2 rings (SSSR count). The van der Waals surface area contributed by atoms with Crippen molar-refractivity contribution in [2.45, 2.75) is 33.8 Å². The van der Waals surface area contributed by atoms with Gasteiger partial charge in [0.25, 0.3) is 0 Å². The maximum Gasteiger partial charge on any atom is 0.157 e. The monoisotopic (exact) mass is 342 g/mol. The molecule has 0 aliphatic heterocycles. The summed E-state index contributed by atoms with van der Waals surface area (Å²) in [5.74, 6) is 1.96. The minimum atomic E-state index is 0.445. The van der Waals surface area contributed by atoms with Crippen LogP contribution in [-0.2, 0) is 11.3 Å². The van der Waals surface area contributed by atoms with Crippen molar-refractivity contribution < 1.29 is 4.74 Å². The second-order valence-electron chi connectivity index (χ2n) is 5.07. The van der Waals surface area contributed by atoms with Crippen molar-refractivity contribution in [3.05, 3.63) is 22.2 Å². The van der Waals surface area contributed by atoms with E-state index in [2.05, 4.69) is 21.6 Å². The number of hydrogen-bond acceptors (Lipinski definition) is 5. The molecule has 2 aromatic heterocycles. The van der Waals surface area contributed by atoms with Gasteiger partial charge in [-0.25, -0.2) is 14.6 Å². The van der Waals surface area contributed by atoms with E-state index in [9.17, 15) is 0 Å². The van der Waals surface area contributed by atoms with E-state index in [1.54, 1.807) is 0 Å². The van der Waals surface area contributed by atoms with Gasteiger partial charge in [-0.2, -0.15) is 11.8 Å². The van der Waals surface area contributed by atoms with Gasteiger partial charge in [0.05, 0.1) is 5.52 Å². The van der Waals surface area contributed by atoms with Crippen molar-refractivity contribution in [1.29, 1.82) is 0 Å². The van der Waals surface area contributed by atoms with Crippen molar-refractivity contribution in [3.8, 4) is 0 Å². The van der Waals surface area contributed by atoms with E-state index in [1.807, 2.05) is 37.2 Å². The molecule has 0 aromatic carbocycles. The Hall–Kier alpha value is -0.980. The highest BCUT2D eigenvalue weighted by Gasteiger charge is 2.17. The van der Waals surface area contributed by atoms with Crippen molar-refractivity contribution in [2.75, 3.05) is 30.6 Å². The van der Waals surface area contributed by atoms with Gasteiger partial charge >= 0.3 is 0 Å². The molecule has 0 unspecified atom stereocenters. The molecule has 0 saturated heterocycles. The Kier molecular flexibility index (Phi) is 6.35. The van der Waals surface area contributed by atoms with Gasteiger partial charge < -0.3 is 10.2 Å². The van der Waals surface area contributed by atoms with E-state index in [4.69, 9.17) is 16.3 Å². The molecule has 122 valence electrons. The SMILES string of the molecule is CCOCc1nc2c(Cl)nc(C)c(C)c2n1NCCCSC. The first kappa shape index (κ1) is 17.4. The first-order chi connectivity index (χ1) is 10.6. The molecule has 2 heterocycles. The first-order valence-electron chi connectivity index (χ1n) is 7.44. The molecule has 22 heavy (non-hydrogen) atoms. The number of hydrogen-bond donors (Lipinski definition) is 1. The van der Waals surface area contributed by atoms with Crippen LogP contribution in [-0.4, -0.2) is 39.8 Å². The minimum Gasteiger partial charge on any atom is -0.374 e. The molecule has 1 N–H and O–H groups in total. The molecule has 0 spiro atoms. The van der Waals surface area contributed by atoms with Crippen LogP contribution < -0.4 is 5.43 Å². The summed E-state index contributed by atoms with van der Waals surface area (Å²) in [6.45, 7) is 7.98. The summed E-state index contributed by atoms with van der Waals surface area (Å²) in [5.41, 5.74) is 7.19. The number of nitrogens with one attached hydrogen (secondary N) is 1. The van der Waals surface area contributed by atoms with Crippen LogP contribution in [0.4, 0.5) is 0 Å². The summed E-state index contributed by atoms with van der Waals surface area (Å²) >= 11 is 8.13. The molecule has 0 radical (unpaired) electrons. The average Bonchev–Trinajstić information content (AvgIpc) is 2.86. The molecule has 0 fully saturated rings. The largest absolute Gasteiger partial charge is 0.374 e. The van der Waals surface area contributed by atoms with E-state index < -0.39 is 0 Å². The predicted molar refractivity (Wildman–Crippen MR) is 94.6 cm³/mol. The van der Waals surface area contributed by atoms with E-state index in [0.717, 1.165) is 46.8 Å². The number of aromatic nitrogens is 3. The average molecular weight is 343 g/mol. The summed E-state index contributed by atoms with van der Waals surface area (Å²) in [5, 5.41) is 0.445. The standard InChI is InChI=1S/C15H23ClN4OS/c1-5-21-9-12-19-13-14(10(2)11(3)18-15(13)16)20(12)17-7-6-8-22-4/h17H,5-9H2,1-4H3. The molecular weight excluding hydrogens is 320 g/mol. The van der Waals surface area contributed by atoms with E-state index >= 15 is 0 Å². The zero-order chi connectivity index (χ0) is 16.1. The van der Waals surface area contributed by atoms with Gasteiger partial charge in [0, 0.05) is 18.8 Å². The van der Waals surface area contributed by atoms with Gasteiger partial charge in [-0.15, -0.1) is 0 Å². The van der Waals surface area contributed by atoms with Gasteiger partial charge in [0.2, 0.25) is 0 Å². The van der Waals surface area contributed by atoms with Crippen LogP contribution in [0.5, 0.6) is 0 Å². The van der Waals surface area contributed by atoms with E-state index in [-0.39, 0.29) is 0 Å². The highest BCUT2D eigenvalue weighted by molar-refractivity contribution is 7.98. The van der Waals surface area contributed by atoms with Gasteiger partial charge in [-0.3, -0.25) is 0 Å². The Morgan fingerprint density at radius 1 is 1.32 bits per heavy atom. The van der Waals surface area contributed by atoms with E-state index in [0.29, 0.717) is 18.4 Å². The molecule has 0 atom stereocenters. The zero-order valence-corrected chi connectivity index (χ0v) is 15.1. The van der Waals surface area contributed by atoms with Crippen LogP contribution in [0.2, 0.25) is 5.15 Å². The molecule has 0 aliphatic rings. The fourth-order valence-electron chi connectivity index (χ4n) is 2.28. The summed E-state index contributed by atoms with van der Waals surface area (Å²) in [4.78, 5) is 8.99. The lowest BCUT2D eigenvalue weighted by Crippen LogP contribution is -2.20. The lowest BCUT2D eigenvalue weighted by atomic mass is 10.2. The normalized spacial score (nSPS) is 11.3. The fourth-order valence-corrected chi connectivity index (χ4v) is 2.97. The molecule has 0 bridgehead atoms. The Balaban J connectivity index is 2.42. The maximum atomic E-state index is 6.28. The first-order valence-corrected chi connectivity index (χ1v) is 9.21. The predicted octanol–water partition coefficient (Wildman–Crippen LogP) is 3.53. The number of fused-ring (bicyclic) bond motifs is 1. The minimum absolute atomic E-state index is 0.445. The van der Waals surface area contributed by atoms with Crippen LogP contribution in [0.3, 0.4) is 0 Å². The number of nitrogens with zero attached hydrogens (tertiary/aromatic N) is 3. The molecule has 5 nitrogen and oxygen atoms in total. The van der Waals surface area contributed by atoms with Gasteiger partial charge in [-0.05, 0) is 44.8 Å². The number of ether oxygens (including phenoxy) is 1. The second kappa shape index (κ2) is 8.04. The fraction of sp³-hybridized carbons (Fsp3) is 0.600. The summed E-state index contributed by atoms with van der Waals surface area (Å²) in [7, 11) is 0. The Labute approximate surface area is 140 Å². The second-order valence-corrected chi connectivity index (χ2v) is 6.41. The quantitative estimate of drug-likeness (QED) is 0.587. The van der Waals surface area contributed by atoms with Crippen LogP contribution in [0.25, 0.3) is 11.0 Å². The lowest BCUT2D eigenvalue weighted by molar-refractivity contribution is 0.127. The third-order valence-corrected chi connectivity index (χ3v) is 4.50. The number of rotatable bonds is 8. The molecular formula is C15H23ClN4OS. The lowest BCUT2D eigenvalue weighted by Gasteiger charge is -2.13. The summed E-state index contributed by atoms with van der Waals surface area (Å²) in [6, 6.07) is 0. The summed E-state index contributed by atoms with van der Waals surface area (Å²) < 4.78 is 7.55. The molecule has 2 aromatic rings. The van der Waals surface area contributed by atoms with Gasteiger partial charge in [0.15, 0.2) is 11.0 Å². The maximum absolute atomic E-state index is 6.28. The van der Waals surface area contributed by atoms with Crippen LogP contribution in [0.1, 0.15) is 30.4 Å². The Morgan fingerprint density at radius 3 is 2.77 bits per heavy atom. The molecule has 0 amide bonds. The third kappa shape index (κ3) is 3.67. The number of aryl methyl sites for hydroxylation is 2. The van der Waals surface area contributed by atoms with Crippen molar-refractivity contribution in [2.24, 2.45) is 0 Å². The van der Waals surface area contributed by atoms with Gasteiger partial charge in [-0.1, -0.05) is 11.6 Å². The van der Waals surface area contributed by atoms with Crippen molar-refractivity contribution in [1.82, 2.24) is 14.6 Å². The smallest absolute Gasteiger partial charge is 0.157 e. The van der Waals surface area contributed by atoms with Gasteiger partial charge in [0.1, 0.15) is 12.1 Å². The highest BCUT2D eigenvalue weighted by Crippen LogP contribution is 2.26. The third-order valence-electron chi connectivity index (χ3n) is 3.54. The van der Waals surface area contributed by atoms with Crippen LogP contribution >= 0.6 is 23.4 Å². The van der Waals surface area contributed by atoms with Crippen molar-refractivity contribution >= 4 is 34.4 Å². The zero-order valence-electron chi connectivity index (χ0n) is 13.6. The number of halogens is 1. The van der Waals surface area contributed by atoms with E-state index in [1.165, 1.54) is 0 Å². The Morgan fingerprint density at radius 2 is 2.09 bits per heavy atom. The summed E-state index contributed by atoms with van der Waals surface area (Å²) in [6.07, 6.45) is 3.21. The molecule has 0 saturated carbocycles. The number of imidazole rings is 1. The molecule has 0 aliphatic carbocycles.